The fraction of sp³-hybridized carbons (Fsp3) is 0.308. The molecule has 0 unspecified atom stereocenters. The normalized spacial score (nSPS) is 10.6. The van der Waals surface area contributed by atoms with Gasteiger partial charge in [-0.1, -0.05) is 17.7 Å². The van der Waals surface area contributed by atoms with Crippen LogP contribution in [0, 0.1) is 0 Å². The van der Waals surface area contributed by atoms with E-state index in [4.69, 9.17) is 22.1 Å². The Hall–Kier alpha value is -1.52. The van der Waals surface area contributed by atoms with Crippen molar-refractivity contribution in [1.82, 2.24) is 9.78 Å². The SMILES string of the molecule is Cn1cc(CCOc2ccc(CN)c(Cl)c2)cn1. The molecule has 4 nitrogen and oxygen atoms in total. The molecule has 0 bridgehead atoms. The first-order valence-corrected chi connectivity index (χ1v) is 6.15. The summed E-state index contributed by atoms with van der Waals surface area (Å²) in [7, 11) is 1.90. The van der Waals surface area contributed by atoms with Gasteiger partial charge in [0.05, 0.1) is 12.8 Å². The smallest absolute Gasteiger partial charge is 0.120 e. The molecule has 2 rings (SSSR count). The van der Waals surface area contributed by atoms with E-state index in [9.17, 15) is 0 Å². The molecule has 18 heavy (non-hydrogen) atoms. The van der Waals surface area contributed by atoms with Gasteiger partial charge in [-0.05, 0) is 23.3 Å². The average molecular weight is 266 g/mol. The summed E-state index contributed by atoms with van der Waals surface area (Å²) in [6, 6.07) is 5.58. The van der Waals surface area contributed by atoms with Crippen molar-refractivity contribution in [2.24, 2.45) is 12.8 Å². The predicted octanol–water partition coefficient (Wildman–Crippen LogP) is 2.15. The van der Waals surface area contributed by atoms with Gasteiger partial charge < -0.3 is 10.5 Å². The molecule has 2 aromatic rings. The van der Waals surface area contributed by atoms with E-state index in [1.807, 2.05) is 31.6 Å². The third-order valence-corrected chi connectivity index (χ3v) is 3.01. The molecule has 0 fully saturated rings. The number of nitrogens with zero attached hydrogens (tertiary/aromatic N) is 2. The molecule has 1 aromatic carbocycles. The molecule has 2 N–H and O–H groups in total. The van der Waals surface area contributed by atoms with Crippen LogP contribution in [0.3, 0.4) is 0 Å². The van der Waals surface area contributed by atoms with E-state index >= 15 is 0 Å². The van der Waals surface area contributed by atoms with Gasteiger partial charge in [-0.15, -0.1) is 0 Å². The number of aryl methyl sites for hydroxylation is 1. The first-order chi connectivity index (χ1) is 8.69. The van der Waals surface area contributed by atoms with Crippen molar-refractivity contribution in [1.29, 1.82) is 0 Å². The summed E-state index contributed by atoms with van der Waals surface area (Å²) in [5.74, 6) is 0.765. The predicted molar refractivity (Wildman–Crippen MR) is 71.8 cm³/mol. The van der Waals surface area contributed by atoms with Gasteiger partial charge in [-0.25, -0.2) is 0 Å². The molecule has 1 aromatic heterocycles. The van der Waals surface area contributed by atoms with Crippen molar-refractivity contribution >= 4 is 11.6 Å². The Morgan fingerprint density at radius 2 is 2.28 bits per heavy atom. The highest BCUT2D eigenvalue weighted by atomic mass is 35.5. The molecule has 1 heterocycles. The highest BCUT2D eigenvalue weighted by molar-refractivity contribution is 6.31. The van der Waals surface area contributed by atoms with E-state index in [1.165, 1.54) is 0 Å². The highest BCUT2D eigenvalue weighted by Crippen LogP contribution is 2.22. The van der Waals surface area contributed by atoms with Gasteiger partial charge in [0.2, 0.25) is 0 Å². The lowest BCUT2D eigenvalue weighted by Gasteiger charge is -2.07. The van der Waals surface area contributed by atoms with Crippen LogP contribution < -0.4 is 10.5 Å². The number of benzene rings is 1. The number of aromatic nitrogens is 2. The van der Waals surface area contributed by atoms with Gasteiger partial charge in [0.1, 0.15) is 5.75 Å². The van der Waals surface area contributed by atoms with E-state index < -0.39 is 0 Å². The van der Waals surface area contributed by atoms with E-state index in [1.54, 1.807) is 10.7 Å². The molecule has 0 spiro atoms. The second-order valence-electron chi connectivity index (χ2n) is 4.08. The van der Waals surface area contributed by atoms with E-state index in [2.05, 4.69) is 5.10 Å². The third kappa shape index (κ3) is 3.24. The standard InChI is InChI=1S/C13H16ClN3O/c1-17-9-10(8-16-17)4-5-18-12-3-2-11(7-15)13(14)6-12/h2-3,6,8-9H,4-5,7,15H2,1H3. The largest absolute Gasteiger partial charge is 0.493 e. The second kappa shape index (κ2) is 5.89. The van der Waals surface area contributed by atoms with Gasteiger partial charge in [-0.3, -0.25) is 4.68 Å². The number of halogens is 1. The summed E-state index contributed by atoms with van der Waals surface area (Å²) in [5.41, 5.74) is 7.63. The van der Waals surface area contributed by atoms with Crippen LogP contribution in [0.25, 0.3) is 0 Å². The maximum atomic E-state index is 6.06. The Labute approximate surface area is 111 Å². The molecule has 96 valence electrons. The fourth-order valence-electron chi connectivity index (χ4n) is 1.67. The lowest BCUT2D eigenvalue weighted by Crippen LogP contribution is -2.02. The Morgan fingerprint density at radius 1 is 1.44 bits per heavy atom. The summed E-state index contributed by atoms with van der Waals surface area (Å²) >= 11 is 6.06. The Bertz CT molecular complexity index is 525. The molecule has 0 saturated heterocycles. The molecule has 0 amide bonds. The molecular weight excluding hydrogens is 250 g/mol. The first kappa shape index (κ1) is 12.9. The zero-order chi connectivity index (χ0) is 13.0. The topological polar surface area (TPSA) is 53.1 Å². The maximum Gasteiger partial charge on any atom is 0.120 e. The van der Waals surface area contributed by atoms with Crippen molar-refractivity contribution in [2.75, 3.05) is 6.61 Å². The lowest BCUT2D eigenvalue weighted by atomic mass is 10.2. The minimum Gasteiger partial charge on any atom is -0.493 e. The number of ether oxygens (including phenoxy) is 1. The molecule has 0 aliphatic heterocycles. The third-order valence-electron chi connectivity index (χ3n) is 2.66. The minimum atomic E-state index is 0.439. The van der Waals surface area contributed by atoms with Crippen LogP contribution in [0.1, 0.15) is 11.1 Å². The molecular formula is C13H16ClN3O. The number of nitrogens with two attached hydrogens (primary N) is 1. The van der Waals surface area contributed by atoms with E-state index in [-0.39, 0.29) is 0 Å². The van der Waals surface area contributed by atoms with Crippen LogP contribution in [-0.4, -0.2) is 16.4 Å². The zero-order valence-corrected chi connectivity index (χ0v) is 11.0. The van der Waals surface area contributed by atoms with Crippen LogP contribution in [0.5, 0.6) is 5.75 Å². The average Bonchev–Trinajstić information content (AvgIpc) is 2.75. The maximum absolute atomic E-state index is 6.06. The summed E-state index contributed by atoms with van der Waals surface area (Å²) < 4.78 is 7.42. The molecule has 0 aliphatic rings. The van der Waals surface area contributed by atoms with Crippen LogP contribution in [-0.2, 0) is 20.0 Å². The quantitative estimate of drug-likeness (QED) is 0.901. The zero-order valence-electron chi connectivity index (χ0n) is 10.3. The molecule has 0 radical (unpaired) electrons. The first-order valence-electron chi connectivity index (χ1n) is 5.78. The lowest BCUT2D eigenvalue weighted by molar-refractivity contribution is 0.322. The van der Waals surface area contributed by atoms with Crippen molar-refractivity contribution in [2.45, 2.75) is 13.0 Å². The highest BCUT2D eigenvalue weighted by Gasteiger charge is 2.02. The number of rotatable bonds is 5. The molecule has 0 atom stereocenters. The molecule has 5 heteroatoms. The van der Waals surface area contributed by atoms with Crippen molar-refractivity contribution < 1.29 is 4.74 Å². The van der Waals surface area contributed by atoms with Gasteiger partial charge in [0.25, 0.3) is 0 Å². The van der Waals surface area contributed by atoms with E-state index in [0.29, 0.717) is 18.2 Å². The fourth-order valence-corrected chi connectivity index (χ4v) is 1.92. The molecule has 0 saturated carbocycles. The minimum absolute atomic E-state index is 0.439. The van der Waals surface area contributed by atoms with Gasteiger partial charge in [0.15, 0.2) is 0 Å². The van der Waals surface area contributed by atoms with Crippen molar-refractivity contribution in [3.63, 3.8) is 0 Å². The Morgan fingerprint density at radius 3 is 2.89 bits per heavy atom. The Balaban J connectivity index is 1.88. The van der Waals surface area contributed by atoms with E-state index in [0.717, 1.165) is 23.3 Å². The Kier molecular flexibility index (Phi) is 4.23. The van der Waals surface area contributed by atoms with Crippen LogP contribution in [0.4, 0.5) is 0 Å². The van der Waals surface area contributed by atoms with Crippen LogP contribution in [0.15, 0.2) is 30.6 Å². The summed E-state index contributed by atoms with van der Waals surface area (Å²) in [6.07, 6.45) is 4.64. The monoisotopic (exact) mass is 265 g/mol. The summed E-state index contributed by atoms with van der Waals surface area (Å²) in [6.45, 7) is 1.04. The van der Waals surface area contributed by atoms with Gasteiger partial charge >= 0.3 is 0 Å². The number of hydrogen-bond donors (Lipinski definition) is 1. The van der Waals surface area contributed by atoms with Crippen molar-refractivity contribution in [3.05, 3.63) is 46.7 Å². The van der Waals surface area contributed by atoms with Crippen LogP contribution in [0.2, 0.25) is 5.02 Å². The summed E-state index contributed by atoms with van der Waals surface area (Å²) in [4.78, 5) is 0. The molecule has 0 aliphatic carbocycles. The van der Waals surface area contributed by atoms with Gasteiger partial charge in [0, 0.05) is 31.2 Å². The van der Waals surface area contributed by atoms with Crippen LogP contribution >= 0.6 is 11.6 Å². The van der Waals surface area contributed by atoms with Gasteiger partial charge in [-0.2, -0.15) is 5.10 Å². The number of hydrogen-bond acceptors (Lipinski definition) is 3. The summed E-state index contributed by atoms with van der Waals surface area (Å²) in [5, 5.41) is 4.75. The second-order valence-corrected chi connectivity index (χ2v) is 4.49. The van der Waals surface area contributed by atoms with Crippen molar-refractivity contribution in [3.8, 4) is 5.75 Å².